The fourth-order valence-electron chi connectivity index (χ4n) is 6.03. The molecule has 0 spiro atoms. The largest absolute Gasteiger partial charge is 0.491 e. The lowest BCUT2D eigenvalue weighted by atomic mass is 9.91. The molecule has 11 heteroatoms. The second-order valence-corrected chi connectivity index (χ2v) is 12.1. The quantitative estimate of drug-likeness (QED) is 0.302. The number of nitrogens with zero attached hydrogens (tertiary/aromatic N) is 4. The summed E-state index contributed by atoms with van der Waals surface area (Å²) in [6, 6.07) is 7.38. The number of alkyl halides is 1. The molecule has 1 saturated heterocycles. The summed E-state index contributed by atoms with van der Waals surface area (Å²) < 4.78 is 22.4. The molecule has 1 fully saturated rings. The molecular formula is C30H30ClFN4O4S. The minimum Gasteiger partial charge on any atom is -0.491 e. The van der Waals surface area contributed by atoms with Gasteiger partial charge in [0, 0.05) is 51.9 Å². The second kappa shape index (κ2) is 11.2. The van der Waals surface area contributed by atoms with E-state index in [2.05, 4.69) is 9.88 Å². The number of carboxylic acids is 1. The number of hydrogen-bond acceptors (Lipinski definition) is 7. The number of halogens is 2. The van der Waals surface area contributed by atoms with Gasteiger partial charge in [0.2, 0.25) is 0 Å². The van der Waals surface area contributed by atoms with E-state index in [9.17, 15) is 19.1 Å². The number of carbonyl (C=O) groups is 1. The molecule has 3 aromatic heterocycles. The molecule has 0 radical (unpaired) electrons. The summed E-state index contributed by atoms with van der Waals surface area (Å²) >= 11 is 7.69. The van der Waals surface area contributed by atoms with E-state index in [0.717, 1.165) is 46.5 Å². The summed E-state index contributed by atoms with van der Waals surface area (Å²) in [6.07, 6.45) is 1.97. The monoisotopic (exact) mass is 596 g/mol. The van der Waals surface area contributed by atoms with Crippen molar-refractivity contribution in [1.29, 1.82) is 0 Å². The highest BCUT2D eigenvalue weighted by atomic mass is 35.5. The highest BCUT2D eigenvalue weighted by Crippen LogP contribution is 2.40. The van der Waals surface area contributed by atoms with E-state index in [4.69, 9.17) is 21.3 Å². The van der Waals surface area contributed by atoms with Crippen molar-refractivity contribution in [3.8, 4) is 16.9 Å². The van der Waals surface area contributed by atoms with Crippen LogP contribution in [0.15, 0.2) is 34.4 Å². The SMILES string of the molecule is Cc1cc(-c2cc(Cl)ccc2OCCn2c(C)nc3c(c2=O)C[C@H](N2CC[C@@H](F)C2)CC3)c2scc(C(=O)O)c2n1. The number of aryl methyl sites for hydroxylation is 3. The van der Waals surface area contributed by atoms with E-state index < -0.39 is 12.1 Å². The minimum absolute atomic E-state index is 0.0561. The van der Waals surface area contributed by atoms with E-state index in [0.29, 0.717) is 53.7 Å². The van der Waals surface area contributed by atoms with Crippen LogP contribution in [0, 0.1) is 13.8 Å². The first kappa shape index (κ1) is 27.8. The van der Waals surface area contributed by atoms with Gasteiger partial charge in [0.05, 0.1) is 28.0 Å². The van der Waals surface area contributed by atoms with Crippen molar-refractivity contribution in [3.63, 3.8) is 0 Å². The van der Waals surface area contributed by atoms with E-state index >= 15 is 0 Å². The number of ether oxygens (including phenoxy) is 1. The Morgan fingerprint density at radius 1 is 1.22 bits per heavy atom. The van der Waals surface area contributed by atoms with Crippen LogP contribution in [0.3, 0.4) is 0 Å². The Hall–Kier alpha value is -3.34. The number of carboxylic acid groups (broad SMARTS) is 1. The molecule has 1 aliphatic carbocycles. The molecule has 0 unspecified atom stereocenters. The number of fused-ring (bicyclic) bond motifs is 2. The third kappa shape index (κ3) is 5.36. The van der Waals surface area contributed by atoms with Crippen LogP contribution in [0.2, 0.25) is 5.02 Å². The molecule has 0 saturated carbocycles. The summed E-state index contributed by atoms with van der Waals surface area (Å²) in [7, 11) is 0. The van der Waals surface area contributed by atoms with Crippen LogP contribution in [0.1, 0.15) is 46.0 Å². The number of benzene rings is 1. The zero-order valence-corrected chi connectivity index (χ0v) is 24.4. The fourth-order valence-corrected chi connectivity index (χ4v) is 7.22. The van der Waals surface area contributed by atoms with Crippen LogP contribution in [0.25, 0.3) is 21.3 Å². The van der Waals surface area contributed by atoms with Crippen molar-refractivity contribution in [2.75, 3.05) is 19.7 Å². The topological polar surface area (TPSA) is 97.6 Å². The Morgan fingerprint density at radius 2 is 2.05 bits per heavy atom. The molecular weight excluding hydrogens is 567 g/mol. The molecule has 1 aliphatic heterocycles. The normalized spacial score (nSPS) is 19.0. The maximum Gasteiger partial charge on any atom is 0.338 e. The third-order valence-electron chi connectivity index (χ3n) is 8.06. The maximum atomic E-state index is 13.8. The van der Waals surface area contributed by atoms with Crippen LogP contribution in [-0.4, -0.2) is 62.4 Å². The average Bonchev–Trinajstić information content (AvgIpc) is 3.57. The van der Waals surface area contributed by atoms with Crippen molar-refractivity contribution in [1.82, 2.24) is 19.4 Å². The average molecular weight is 597 g/mol. The van der Waals surface area contributed by atoms with Crippen LogP contribution >= 0.6 is 22.9 Å². The summed E-state index contributed by atoms with van der Waals surface area (Å²) in [4.78, 5) is 36.7. The van der Waals surface area contributed by atoms with Gasteiger partial charge >= 0.3 is 5.97 Å². The Morgan fingerprint density at radius 3 is 2.80 bits per heavy atom. The first-order chi connectivity index (χ1) is 19.7. The lowest BCUT2D eigenvalue weighted by Crippen LogP contribution is -2.42. The molecule has 6 rings (SSSR count). The second-order valence-electron chi connectivity index (χ2n) is 10.8. The van der Waals surface area contributed by atoms with E-state index in [-0.39, 0.29) is 23.8 Å². The number of hydrogen-bond donors (Lipinski definition) is 1. The number of aromatic carboxylic acids is 1. The molecule has 2 atom stereocenters. The molecule has 0 bridgehead atoms. The van der Waals surface area contributed by atoms with E-state index in [1.807, 2.05) is 19.9 Å². The van der Waals surface area contributed by atoms with Crippen LogP contribution in [0.5, 0.6) is 5.75 Å². The molecule has 214 valence electrons. The van der Waals surface area contributed by atoms with Crippen molar-refractivity contribution in [3.05, 3.63) is 73.4 Å². The zero-order valence-electron chi connectivity index (χ0n) is 22.8. The van der Waals surface area contributed by atoms with Crippen LogP contribution in [0.4, 0.5) is 4.39 Å². The zero-order chi connectivity index (χ0) is 28.8. The molecule has 1 aromatic carbocycles. The van der Waals surface area contributed by atoms with Gasteiger partial charge in [-0.25, -0.2) is 14.2 Å². The standard InChI is InChI=1S/C30H30ClFN4O4S/c1-16-11-22(28-27(33-16)24(15-41-28)30(38)39)21-12-18(31)3-6-26(21)40-10-9-36-17(2)34-25-5-4-20(13-23(25)29(36)37)35-8-7-19(32)14-35/h3,6,11-12,15,19-20H,4-5,7-10,13-14H2,1-2H3,(H,38,39)/t19-,20-/m1/s1. The molecule has 0 amide bonds. The number of pyridine rings is 1. The van der Waals surface area contributed by atoms with Gasteiger partial charge in [-0.05, 0) is 63.8 Å². The molecule has 41 heavy (non-hydrogen) atoms. The molecule has 1 N–H and O–H groups in total. The van der Waals surface area contributed by atoms with Crippen molar-refractivity contribution in [2.45, 2.75) is 58.3 Å². The van der Waals surface area contributed by atoms with Gasteiger partial charge in [0.15, 0.2) is 0 Å². The van der Waals surface area contributed by atoms with Gasteiger partial charge in [-0.15, -0.1) is 11.3 Å². The Kier molecular flexibility index (Phi) is 7.56. The predicted octanol–water partition coefficient (Wildman–Crippen LogP) is 5.47. The first-order valence-corrected chi connectivity index (χ1v) is 15.0. The third-order valence-corrected chi connectivity index (χ3v) is 9.29. The molecule has 4 aromatic rings. The van der Waals surface area contributed by atoms with Gasteiger partial charge in [-0.2, -0.15) is 0 Å². The smallest absolute Gasteiger partial charge is 0.338 e. The van der Waals surface area contributed by atoms with Gasteiger partial charge in [0.25, 0.3) is 5.56 Å². The van der Waals surface area contributed by atoms with Crippen LogP contribution < -0.4 is 10.3 Å². The number of likely N-dealkylation sites (tertiary alicyclic amines) is 1. The summed E-state index contributed by atoms with van der Waals surface area (Å²) in [5.41, 5.74) is 4.29. The van der Waals surface area contributed by atoms with E-state index in [1.54, 1.807) is 28.1 Å². The Labute approximate surface area is 245 Å². The molecule has 4 heterocycles. The van der Waals surface area contributed by atoms with Gasteiger partial charge < -0.3 is 9.84 Å². The van der Waals surface area contributed by atoms with Crippen molar-refractivity contribution >= 4 is 39.1 Å². The summed E-state index contributed by atoms with van der Waals surface area (Å²) in [5.74, 6) is 0.183. The minimum atomic E-state index is -1.03. The lowest BCUT2D eigenvalue weighted by molar-refractivity contribution is 0.0699. The predicted molar refractivity (Wildman–Crippen MR) is 157 cm³/mol. The van der Waals surface area contributed by atoms with E-state index in [1.165, 1.54) is 11.3 Å². The number of aromatic nitrogens is 3. The first-order valence-electron chi connectivity index (χ1n) is 13.7. The van der Waals surface area contributed by atoms with Gasteiger partial charge in [-0.1, -0.05) is 11.6 Å². The molecule has 2 aliphatic rings. The lowest BCUT2D eigenvalue weighted by Gasteiger charge is -2.31. The Bertz CT molecular complexity index is 1720. The number of rotatable bonds is 7. The Balaban J connectivity index is 1.26. The van der Waals surface area contributed by atoms with Gasteiger partial charge in [-0.3, -0.25) is 19.2 Å². The van der Waals surface area contributed by atoms with Crippen molar-refractivity contribution < 1.29 is 19.0 Å². The fraction of sp³-hybridized carbons (Fsp3) is 0.400. The summed E-state index contributed by atoms with van der Waals surface area (Å²) in [5, 5.41) is 11.7. The van der Waals surface area contributed by atoms with Gasteiger partial charge in [0.1, 0.15) is 24.4 Å². The number of thiophene rings is 1. The van der Waals surface area contributed by atoms with Crippen molar-refractivity contribution in [2.24, 2.45) is 0 Å². The highest BCUT2D eigenvalue weighted by Gasteiger charge is 2.32. The highest BCUT2D eigenvalue weighted by molar-refractivity contribution is 7.18. The molecule has 8 nitrogen and oxygen atoms in total. The summed E-state index contributed by atoms with van der Waals surface area (Å²) in [6.45, 7) is 5.35. The maximum absolute atomic E-state index is 13.8. The van der Waals surface area contributed by atoms with Crippen LogP contribution in [-0.2, 0) is 19.4 Å².